The van der Waals surface area contributed by atoms with Crippen LogP contribution in [0.5, 0.6) is 5.75 Å². The van der Waals surface area contributed by atoms with Crippen molar-refractivity contribution < 1.29 is 4.74 Å². The van der Waals surface area contributed by atoms with Crippen LogP contribution < -0.4 is 15.4 Å². The highest BCUT2D eigenvalue weighted by Gasteiger charge is 2.07. The van der Waals surface area contributed by atoms with Crippen molar-refractivity contribution in [3.05, 3.63) is 22.7 Å². The molecule has 17 heavy (non-hydrogen) atoms. The molecule has 0 aliphatic rings. The Hall–Kier alpha value is -0.740. The molecule has 1 aromatic rings. The molecule has 0 amide bonds. The zero-order chi connectivity index (χ0) is 12.7. The van der Waals surface area contributed by atoms with E-state index in [-0.39, 0.29) is 0 Å². The summed E-state index contributed by atoms with van der Waals surface area (Å²) in [4.78, 5) is 0. The number of hydrogen-bond donors (Lipinski definition) is 2. The van der Waals surface area contributed by atoms with Crippen LogP contribution in [0.15, 0.2) is 22.7 Å². The molecule has 0 aromatic heterocycles. The molecule has 0 heterocycles. The number of benzene rings is 1. The number of ether oxygens (including phenoxy) is 1. The van der Waals surface area contributed by atoms with Crippen LogP contribution in [0.4, 0.5) is 5.69 Å². The zero-order valence-electron chi connectivity index (χ0n) is 10.7. The summed E-state index contributed by atoms with van der Waals surface area (Å²) in [6.07, 6.45) is 1.16. The average Bonchev–Trinajstić information content (AvgIpc) is 2.34. The molecule has 4 heteroatoms. The van der Waals surface area contributed by atoms with E-state index < -0.39 is 0 Å². The van der Waals surface area contributed by atoms with Crippen LogP contribution in [-0.2, 0) is 0 Å². The Kier molecular flexibility index (Phi) is 6.37. The van der Waals surface area contributed by atoms with Gasteiger partial charge >= 0.3 is 0 Å². The molecule has 3 nitrogen and oxygen atoms in total. The predicted molar refractivity (Wildman–Crippen MR) is 76.9 cm³/mol. The van der Waals surface area contributed by atoms with Gasteiger partial charge in [0.05, 0.1) is 12.8 Å². The molecule has 0 bridgehead atoms. The minimum atomic E-state index is 0.628. The number of methoxy groups -OCH3 is 1. The van der Waals surface area contributed by atoms with Crippen molar-refractivity contribution in [2.75, 3.05) is 32.6 Å². The van der Waals surface area contributed by atoms with Gasteiger partial charge in [0.25, 0.3) is 0 Å². The first kappa shape index (κ1) is 14.3. The fourth-order valence-corrected chi connectivity index (χ4v) is 2.08. The quantitative estimate of drug-likeness (QED) is 0.812. The van der Waals surface area contributed by atoms with E-state index >= 15 is 0 Å². The molecule has 0 saturated carbocycles. The van der Waals surface area contributed by atoms with Gasteiger partial charge in [-0.2, -0.15) is 0 Å². The molecule has 0 radical (unpaired) electrons. The van der Waals surface area contributed by atoms with Gasteiger partial charge in [0.1, 0.15) is 5.75 Å². The van der Waals surface area contributed by atoms with E-state index in [1.54, 1.807) is 7.11 Å². The number of rotatable bonds is 7. The van der Waals surface area contributed by atoms with Crippen LogP contribution in [0.25, 0.3) is 0 Å². The standard InChI is InChI=1S/C13H21BrN2O/c1-4-10(8-15-2)9-16-12-7-11(14)5-6-13(12)17-3/h5-7,10,15-16H,4,8-9H2,1-3H3. The van der Waals surface area contributed by atoms with E-state index in [2.05, 4.69) is 33.5 Å². The Labute approximate surface area is 112 Å². The van der Waals surface area contributed by atoms with Gasteiger partial charge in [-0.25, -0.2) is 0 Å². The largest absolute Gasteiger partial charge is 0.495 e. The zero-order valence-corrected chi connectivity index (χ0v) is 12.3. The van der Waals surface area contributed by atoms with Gasteiger partial charge in [0.2, 0.25) is 0 Å². The second kappa shape index (κ2) is 7.56. The SMILES string of the molecule is CCC(CNC)CNc1cc(Br)ccc1OC. The maximum Gasteiger partial charge on any atom is 0.142 e. The average molecular weight is 301 g/mol. The predicted octanol–water partition coefficient (Wildman–Crippen LogP) is 3.12. The van der Waals surface area contributed by atoms with Crippen molar-refractivity contribution in [2.45, 2.75) is 13.3 Å². The molecule has 0 aliphatic heterocycles. The second-order valence-electron chi connectivity index (χ2n) is 4.06. The molecular weight excluding hydrogens is 280 g/mol. The Bertz CT molecular complexity index is 344. The third-order valence-corrected chi connectivity index (χ3v) is 3.31. The maximum atomic E-state index is 5.33. The summed E-state index contributed by atoms with van der Waals surface area (Å²) in [5.41, 5.74) is 1.04. The van der Waals surface area contributed by atoms with Crippen molar-refractivity contribution >= 4 is 21.6 Å². The maximum absolute atomic E-state index is 5.33. The first-order chi connectivity index (χ1) is 8.21. The molecule has 2 N–H and O–H groups in total. The van der Waals surface area contributed by atoms with E-state index in [9.17, 15) is 0 Å². The van der Waals surface area contributed by atoms with E-state index in [0.717, 1.165) is 35.4 Å². The lowest BCUT2D eigenvalue weighted by Gasteiger charge is -2.17. The van der Waals surface area contributed by atoms with E-state index in [4.69, 9.17) is 4.74 Å². The molecule has 0 aliphatic carbocycles. The summed E-state index contributed by atoms with van der Waals surface area (Å²) in [5, 5.41) is 6.66. The summed E-state index contributed by atoms with van der Waals surface area (Å²) >= 11 is 3.47. The highest BCUT2D eigenvalue weighted by molar-refractivity contribution is 9.10. The summed E-state index contributed by atoms with van der Waals surface area (Å²) in [6, 6.07) is 5.99. The fourth-order valence-electron chi connectivity index (χ4n) is 1.72. The molecule has 1 atom stereocenters. The molecule has 1 rings (SSSR count). The van der Waals surface area contributed by atoms with Crippen LogP contribution in [0.2, 0.25) is 0 Å². The first-order valence-electron chi connectivity index (χ1n) is 5.93. The Morgan fingerprint density at radius 1 is 1.35 bits per heavy atom. The summed E-state index contributed by atoms with van der Waals surface area (Å²) in [5.74, 6) is 1.51. The van der Waals surface area contributed by atoms with Crippen LogP contribution in [-0.4, -0.2) is 27.2 Å². The fraction of sp³-hybridized carbons (Fsp3) is 0.538. The lowest BCUT2D eigenvalue weighted by Crippen LogP contribution is -2.24. The van der Waals surface area contributed by atoms with Gasteiger partial charge in [-0.1, -0.05) is 29.3 Å². The van der Waals surface area contributed by atoms with Crippen LogP contribution >= 0.6 is 15.9 Å². The van der Waals surface area contributed by atoms with Gasteiger partial charge in [0.15, 0.2) is 0 Å². The minimum Gasteiger partial charge on any atom is -0.495 e. The van der Waals surface area contributed by atoms with Crippen LogP contribution in [0.3, 0.4) is 0 Å². The Balaban J connectivity index is 2.63. The molecule has 1 unspecified atom stereocenters. The first-order valence-corrected chi connectivity index (χ1v) is 6.72. The van der Waals surface area contributed by atoms with Crippen molar-refractivity contribution in [1.82, 2.24) is 5.32 Å². The minimum absolute atomic E-state index is 0.628. The monoisotopic (exact) mass is 300 g/mol. The highest BCUT2D eigenvalue weighted by atomic mass is 79.9. The summed E-state index contributed by atoms with van der Waals surface area (Å²) in [7, 11) is 3.68. The third kappa shape index (κ3) is 4.56. The van der Waals surface area contributed by atoms with Gasteiger partial charge in [-0.05, 0) is 37.7 Å². The lowest BCUT2D eigenvalue weighted by atomic mass is 10.1. The van der Waals surface area contributed by atoms with Crippen molar-refractivity contribution in [3.8, 4) is 5.75 Å². The second-order valence-corrected chi connectivity index (χ2v) is 4.97. The lowest BCUT2D eigenvalue weighted by molar-refractivity contribution is 0.415. The van der Waals surface area contributed by atoms with Crippen LogP contribution in [0, 0.1) is 5.92 Å². The van der Waals surface area contributed by atoms with Crippen molar-refractivity contribution in [1.29, 1.82) is 0 Å². The Morgan fingerprint density at radius 3 is 2.71 bits per heavy atom. The Morgan fingerprint density at radius 2 is 2.12 bits per heavy atom. The normalized spacial score (nSPS) is 12.2. The number of hydrogen-bond acceptors (Lipinski definition) is 3. The van der Waals surface area contributed by atoms with Crippen molar-refractivity contribution in [3.63, 3.8) is 0 Å². The van der Waals surface area contributed by atoms with E-state index in [1.807, 2.05) is 25.2 Å². The molecule has 0 saturated heterocycles. The topological polar surface area (TPSA) is 33.3 Å². The molecule has 96 valence electrons. The number of nitrogens with one attached hydrogen (secondary N) is 2. The third-order valence-electron chi connectivity index (χ3n) is 2.81. The summed E-state index contributed by atoms with van der Waals surface area (Å²) < 4.78 is 6.39. The smallest absolute Gasteiger partial charge is 0.142 e. The molecular formula is C13H21BrN2O. The van der Waals surface area contributed by atoms with Gasteiger partial charge in [0, 0.05) is 11.0 Å². The van der Waals surface area contributed by atoms with Gasteiger partial charge in [-0.3, -0.25) is 0 Å². The van der Waals surface area contributed by atoms with E-state index in [1.165, 1.54) is 0 Å². The van der Waals surface area contributed by atoms with E-state index in [0.29, 0.717) is 5.92 Å². The van der Waals surface area contributed by atoms with Crippen molar-refractivity contribution in [2.24, 2.45) is 5.92 Å². The highest BCUT2D eigenvalue weighted by Crippen LogP contribution is 2.28. The molecule has 1 aromatic carbocycles. The molecule has 0 fully saturated rings. The van der Waals surface area contributed by atoms with Gasteiger partial charge in [-0.15, -0.1) is 0 Å². The van der Waals surface area contributed by atoms with Crippen LogP contribution in [0.1, 0.15) is 13.3 Å². The van der Waals surface area contributed by atoms with Gasteiger partial charge < -0.3 is 15.4 Å². The number of anilines is 1. The summed E-state index contributed by atoms with van der Waals surface area (Å²) in [6.45, 7) is 4.19. The molecule has 0 spiro atoms. The number of halogens is 1.